The van der Waals surface area contributed by atoms with E-state index in [-0.39, 0.29) is 35.7 Å². The van der Waals surface area contributed by atoms with Crippen LogP contribution in [0.25, 0.3) is 10.9 Å². The van der Waals surface area contributed by atoms with E-state index in [9.17, 15) is 23.7 Å². The number of nitro groups is 1. The Morgan fingerprint density at radius 3 is 2.77 bits per heavy atom. The zero-order chi connectivity index (χ0) is 18.7. The molecule has 26 heavy (non-hydrogen) atoms. The van der Waals surface area contributed by atoms with Crippen LogP contribution in [-0.2, 0) is 0 Å². The van der Waals surface area contributed by atoms with Gasteiger partial charge in [0.2, 0.25) is 0 Å². The molecule has 134 valence electrons. The van der Waals surface area contributed by atoms with E-state index in [2.05, 4.69) is 15.3 Å². The Balaban J connectivity index is 1.73. The van der Waals surface area contributed by atoms with Gasteiger partial charge in [-0.2, -0.15) is 0 Å². The van der Waals surface area contributed by atoms with E-state index in [0.717, 1.165) is 18.2 Å². The molecule has 2 aromatic carbocycles. The molecule has 0 saturated heterocycles. The number of aromatic amines is 1. The van der Waals surface area contributed by atoms with Gasteiger partial charge in [0.15, 0.2) is 11.6 Å². The van der Waals surface area contributed by atoms with Crippen molar-refractivity contribution in [2.24, 2.45) is 0 Å². The predicted octanol–water partition coefficient (Wildman–Crippen LogP) is 2.60. The zero-order valence-electron chi connectivity index (χ0n) is 13.2. The maximum absolute atomic E-state index is 13.1. The van der Waals surface area contributed by atoms with Crippen LogP contribution in [0.5, 0.6) is 5.75 Å². The quantitative estimate of drug-likeness (QED) is 0.396. The summed E-state index contributed by atoms with van der Waals surface area (Å²) in [5.41, 5.74) is -0.312. The SMILES string of the molecule is O=c1[nH]cnc2cc(NCCOc3ccc(F)c(F)c3)c([N+](=O)[O-])cc12. The van der Waals surface area contributed by atoms with Crippen LogP contribution in [-0.4, -0.2) is 28.0 Å². The van der Waals surface area contributed by atoms with E-state index < -0.39 is 22.1 Å². The second kappa shape index (κ2) is 7.13. The number of H-pyrrole nitrogens is 1. The van der Waals surface area contributed by atoms with E-state index in [4.69, 9.17) is 4.74 Å². The van der Waals surface area contributed by atoms with Crippen LogP contribution in [0.15, 0.2) is 41.5 Å². The number of rotatable bonds is 6. The second-order valence-electron chi connectivity index (χ2n) is 5.23. The van der Waals surface area contributed by atoms with Gasteiger partial charge in [0.25, 0.3) is 11.2 Å². The third kappa shape index (κ3) is 3.58. The van der Waals surface area contributed by atoms with E-state index >= 15 is 0 Å². The maximum atomic E-state index is 13.1. The van der Waals surface area contributed by atoms with Crippen molar-refractivity contribution >= 4 is 22.3 Å². The topological polar surface area (TPSA) is 110 Å². The molecule has 3 aromatic rings. The summed E-state index contributed by atoms with van der Waals surface area (Å²) in [5, 5.41) is 14.1. The normalized spacial score (nSPS) is 10.7. The Labute approximate surface area is 144 Å². The first-order chi connectivity index (χ1) is 12.5. The number of halogens is 2. The molecule has 0 aliphatic rings. The van der Waals surface area contributed by atoms with Crippen molar-refractivity contribution in [1.29, 1.82) is 0 Å². The first kappa shape index (κ1) is 17.3. The summed E-state index contributed by atoms with van der Waals surface area (Å²) in [7, 11) is 0. The fraction of sp³-hybridized carbons (Fsp3) is 0.125. The second-order valence-corrected chi connectivity index (χ2v) is 5.23. The Bertz CT molecular complexity index is 1040. The zero-order valence-corrected chi connectivity index (χ0v) is 13.2. The third-order valence-corrected chi connectivity index (χ3v) is 3.53. The highest BCUT2D eigenvalue weighted by molar-refractivity contribution is 5.86. The third-order valence-electron chi connectivity index (χ3n) is 3.53. The Kier molecular flexibility index (Phi) is 4.74. The van der Waals surface area contributed by atoms with Gasteiger partial charge in [0.05, 0.1) is 22.2 Å². The minimum absolute atomic E-state index is 0.0447. The van der Waals surface area contributed by atoms with Crippen molar-refractivity contribution < 1.29 is 18.4 Å². The minimum Gasteiger partial charge on any atom is -0.492 e. The molecule has 0 atom stereocenters. The molecule has 0 saturated carbocycles. The summed E-state index contributed by atoms with van der Waals surface area (Å²) in [4.78, 5) is 28.6. The van der Waals surface area contributed by atoms with Crippen LogP contribution < -0.4 is 15.6 Å². The number of anilines is 1. The van der Waals surface area contributed by atoms with Gasteiger partial charge in [-0.05, 0) is 18.2 Å². The van der Waals surface area contributed by atoms with Crippen molar-refractivity contribution in [1.82, 2.24) is 9.97 Å². The van der Waals surface area contributed by atoms with Crippen LogP contribution >= 0.6 is 0 Å². The number of aromatic nitrogens is 2. The van der Waals surface area contributed by atoms with Gasteiger partial charge < -0.3 is 15.0 Å². The van der Waals surface area contributed by atoms with Gasteiger partial charge in [-0.15, -0.1) is 0 Å². The highest BCUT2D eigenvalue weighted by Gasteiger charge is 2.17. The molecule has 0 aliphatic carbocycles. The lowest BCUT2D eigenvalue weighted by Gasteiger charge is -2.10. The van der Waals surface area contributed by atoms with Gasteiger partial charge >= 0.3 is 0 Å². The Morgan fingerprint density at radius 1 is 1.23 bits per heavy atom. The number of ether oxygens (including phenoxy) is 1. The summed E-state index contributed by atoms with van der Waals surface area (Å²) < 4.78 is 31.2. The molecular formula is C16H12F2N4O4. The lowest BCUT2D eigenvalue weighted by atomic mass is 10.2. The first-order valence-electron chi connectivity index (χ1n) is 7.43. The van der Waals surface area contributed by atoms with Gasteiger partial charge in [-0.1, -0.05) is 0 Å². The van der Waals surface area contributed by atoms with Gasteiger partial charge in [-0.25, -0.2) is 13.8 Å². The molecule has 0 unspecified atom stereocenters. The molecule has 0 spiro atoms. The van der Waals surface area contributed by atoms with E-state index in [1.165, 1.54) is 18.5 Å². The first-order valence-corrected chi connectivity index (χ1v) is 7.43. The van der Waals surface area contributed by atoms with Crippen molar-refractivity contribution in [2.75, 3.05) is 18.5 Å². The predicted molar refractivity (Wildman–Crippen MR) is 89.4 cm³/mol. The largest absolute Gasteiger partial charge is 0.492 e. The van der Waals surface area contributed by atoms with Crippen LogP contribution in [0, 0.1) is 21.7 Å². The average molecular weight is 362 g/mol. The highest BCUT2D eigenvalue weighted by atomic mass is 19.2. The number of nitrogens with zero attached hydrogens (tertiary/aromatic N) is 2. The standard InChI is InChI=1S/C16H12F2N4O4/c17-11-2-1-9(5-12(11)18)26-4-3-19-14-7-13-10(6-15(14)22(24)25)16(23)21-8-20-13/h1-2,5-8,19H,3-4H2,(H,20,21,23). The smallest absolute Gasteiger partial charge is 0.293 e. The highest BCUT2D eigenvalue weighted by Crippen LogP contribution is 2.27. The molecule has 0 aliphatic heterocycles. The van der Waals surface area contributed by atoms with Gasteiger partial charge in [0.1, 0.15) is 18.0 Å². The molecule has 3 rings (SSSR count). The summed E-state index contributed by atoms with van der Waals surface area (Å²) >= 11 is 0. The lowest BCUT2D eigenvalue weighted by Crippen LogP contribution is -2.13. The molecule has 1 heterocycles. The van der Waals surface area contributed by atoms with Crippen molar-refractivity contribution in [3.05, 3.63) is 68.8 Å². The van der Waals surface area contributed by atoms with Crippen LogP contribution in [0.3, 0.4) is 0 Å². The van der Waals surface area contributed by atoms with Gasteiger partial charge in [0, 0.05) is 18.7 Å². The molecule has 0 radical (unpaired) electrons. The molecular weight excluding hydrogens is 350 g/mol. The molecule has 8 nitrogen and oxygen atoms in total. The summed E-state index contributed by atoms with van der Waals surface area (Å²) in [6, 6.07) is 5.65. The number of hydrogen-bond acceptors (Lipinski definition) is 6. The Hall–Kier alpha value is -3.56. The number of benzene rings is 2. The number of hydrogen-bond donors (Lipinski definition) is 2. The number of nitrogens with one attached hydrogen (secondary N) is 2. The summed E-state index contributed by atoms with van der Waals surface area (Å²) in [6.45, 7) is 0.192. The summed E-state index contributed by atoms with van der Waals surface area (Å²) in [5.74, 6) is -1.88. The van der Waals surface area contributed by atoms with Crippen molar-refractivity contribution in [3.63, 3.8) is 0 Å². The van der Waals surface area contributed by atoms with Crippen molar-refractivity contribution in [2.45, 2.75) is 0 Å². The molecule has 10 heteroatoms. The molecule has 0 fully saturated rings. The van der Waals surface area contributed by atoms with E-state index in [0.29, 0.717) is 5.52 Å². The molecule has 0 bridgehead atoms. The fourth-order valence-corrected chi connectivity index (χ4v) is 2.32. The Morgan fingerprint density at radius 2 is 2.04 bits per heavy atom. The lowest BCUT2D eigenvalue weighted by molar-refractivity contribution is -0.383. The molecule has 2 N–H and O–H groups in total. The van der Waals surface area contributed by atoms with Crippen LogP contribution in [0.4, 0.5) is 20.2 Å². The fourth-order valence-electron chi connectivity index (χ4n) is 2.32. The van der Waals surface area contributed by atoms with Crippen LogP contribution in [0.2, 0.25) is 0 Å². The number of nitro benzene ring substituents is 1. The van der Waals surface area contributed by atoms with Crippen LogP contribution in [0.1, 0.15) is 0 Å². The molecule has 1 aromatic heterocycles. The molecule has 0 amide bonds. The maximum Gasteiger partial charge on any atom is 0.293 e. The van der Waals surface area contributed by atoms with Gasteiger partial charge in [-0.3, -0.25) is 14.9 Å². The summed E-state index contributed by atoms with van der Waals surface area (Å²) in [6.07, 6.45) is 1.20. The number of fused-ring (bicyclic) bond motifs is 1. The van der Waals surface area contributed by atoms with E-state index in [1.807, 2.05) is 0 Å². The minimum atomic E-state index is -1.03. The monoisotopic (exact) mass is 362 g/mol. The average Bonchev–Trinajstić information content (AvgIpc) is 2.61. The van der Waals surface area contributed by atoms with Crippen molar-refractivity contribution in [3.8, 4) is 5.75 Å². The van der Waals surface area contributed by atoms with E-state index in [1.54, 1.807) is 0 Å².